The predicted molar refractivity (Wildman–Crippen MR) is 140 cm³/mol. The van der Waals surface area contributed by atoms with Crippen molar-refractivity contribution >= 4 is 34.0 Å². The third-order valence-corrected chi connectivity index (χ3v) is 6.09. The number of unbranched alkanes of at least 4 members (excludes halogenated alkanes) is 6. The van der Waals surface area contributed by atoms with Crippen molar-refractivity contribution in [3.05, 3.63) is 54.1 Å². The molecule has 2 aromatic heterocycles. The fourth-order valence-corrected chi connectivity index (χ4v) is 4.28. The molecule has 2 aromatic carbocycles. The summed E-state index contributed by atoms with van der Waals surface area (Å²) in [5.41, 5.74) is 9.98. The Balaban J connectivity index is 1.62. The van der Waals surface area contributed by atoms with E-state index in [9.17, 15) is 4.79 Å². The minimum absolute atomic E-state index is 0.259. The summed E-state index contributed by atoms with van der Waals surface area (Å²) >= 11 is 0. The minimum atomic E-state index is -0.465. The smallest absolute Gasteiger partial charge is 0.344 e. The average molecular weight is 475 g/mol. The lowest BCUT2D eigenvalue weighted by molar-refractivity contribution is 0.0501. The zero-order chi connectivity index (χ0) is 24.6. The van der Waals surface area contributed by atoms with E-state index >= 15 is 0 Å². The number of hydrogen-bond donors (Lipinski definition) is 1. The number of hydrogen-bond acceptors (Lipinski definition) is 6. The van der Waals surface area contributed by atoms with Crippen molar-refractivity contribution in [2.75, 3.05) is 18.9 Å². The van der Waals surface area contributed by atoms with Crippen LogP contribution in [0.3, 0.4) is 0 Å². The normalized spacial score (nSPS) is 11.3. The van der Waals surface area contributed by atoms with Gasteiger partial charge in [-0.25, -0.2) is 14.8 Å². The van der Waals surface area contributed by atoms with E-state index in [2.05, 4.69) is 6.92 Å². The fraction of sp³-hybridized carbons (Fsp3) is 0.393. The SMILES string of the molecule is CCCCCCCCCOC(=O)c1c(N)n(-c2ccc(OCC)cc2)c2nc3ccccc3nc12. The van der Waals surface area contributed by atoms with Crippen LogP contribution in [-0.4, -0.2) is 33.7 Å². The summed E-state index contributed by atoms with van der Waals surface area (Å²) < 4.78 is 13.0. The highest BCUT2D eigenvalue weighted by atomic mass is 16.5. The Kier molecular flexibility index (Phi) is 8.19. The molecule has 35 heavy (non-hydrogen) atoms. The van der Waals surface area contributed by atoms with Crippen LogP contribution in [0.4, 0.5) is 5.82 Å². The molecule has 0 amide bonds. The van der Waals surface area contributed by atoms with Crippen LogP contribution in [0.15, 0.2) is 48.5 Å². The number of carbonyl (C=O) groups is 1. The van der Waals surface area contributed by atoms with Crippen LogP contribution in [0.5, 0.6) is 5.75 Å². The number of nitrogen functional groups attached to an aromatic ring is 1. The number of carbonyl (C=O) groups excluding carboxylic acids is 1. The van der Waals surface area contributed by atoms with Crippen molar-refractivity contribution in [3.63, 3.8) is 0 Å². The average Bonchev–Trinajstić information content (AvgIpc) is 3.15. The van der Waals surface area contributed by atoms with E-state index in [1.807, 2.05) is 55.5 Å². The molecule has 4 aromatic rings. The second-order valence-electron chi connectivity index (χ2n) is 8.66. The van der Waals surface area contributed by atoms with Gasteiger partial charge in [-0.15, -0.1) is 0 Å². The number of ether oxygens (including phenoxy) is 2. The summed E-state index contributed by atoms with van der Waals surface area (Å²) in [4.78, 5) is 22.7. The van der Waals surface area contributed by atoms with E-state index in [1.54, 1.807) is 4.57 Å². The Hall–Kier alpha value is -3.61. The highest BCUT2D eigenvalue weighted by molar-refractivity contribution is 6.09. The highest BCUT2D eigenvalue weighted by Crippen LogP contribution is 2.32. The third kappa shape index (κ3) is 5.56. The molecule has 0 aliphatic carbocycles. The van der Waals surface area contributed by atoms with Crippen molar-refractivity contribution in [1.29, 1.82) is 0 Å². The summed E-state index contributed by atoms with van der Waals surface area (Å²) in [7, 11) is 0. The molecule has 0 saturated heterocycles. The molecule has 184 valence electrons. The molecular weight excluding hydrogens is 440 g/mol. The highest BCUT2D eigenvalue weighted by Gasteiger charge is 2.26. The van der Waals surface area contributed by atoms with Crippen LogP contribution in [-0.2, 0) is 4.74 Å². The lowest BCUT2D eigenvalue weighted by atomic mass is 10.1. The summed E-state index contributed by atoms with van der Waals surface area (Å²) in [5.74, 6) is 0.564. The molecule has 2 N–H and O–H groups in total. The Labute approximate surface area is 206 Å². The molecular formula is C28H34N4O3. The van der Waals surface area contributed by atoms with Crippen molar-refractivity contribution in [1.82, 2.24) is 14.5 Å². The molecule has 0 radical (unpaired) electrons. The fourth-order valence-electron chi connectivity index (χ4n) is 4.28. The molecule has 2 heterocycles. The van der Waals surface area contributed by atoms with Crippen LogP contribution < -0.4 is 10.5 Å². The van der Waals surface area contributed by atoms with Gasteiger partial charge in [0.15, 0.2) is 5.65 Å². The first-order valence-electron chi connectivity index (χ1n) is 12.6. The van der Waals surface area contributed by atoms with Crippen molar-refractivity contribution in [2.24, 2.45) is 0 Å². The number of para-hydroxylation sites is 2. The summed E-state index contributed by atoms with van der Waals surface area (Å²) in [6.07, 6.45) is 8.06. The molecule has 0 aliphatic rings. The van der Waals surface area contributed by atoms with Gasteiger partial charge in [-0.05, 0) is 49.7 Å². The van der Waals surface area contributed by atoms with Crippen molar-refractivity contribution in [3.8, 4) is 11.4 Å². The topological polar surface area (TPSA) is 92.3 Å². The van der Waals surface area contributed by atoms with Gasteiger partial charge in [0, 0.05) is 5.69 Å². The zero-order valence-electron chi connectivity index (χ0n) is 20.6. The van der Waals surface area contributed by atoms with Gasteiger partial charge in [0.1, 0.15) is 22.6 Å². The van der Waals surface area contributed by atoms with Gasteiger partial charge in [0.2, 0.25) is 0 Å². The number of anilines is 1. The quantitative estimate of drug-likeness (QED) is 0.187. The van der Waals surface area contributed by atoms with Gasteiger partial charge < -0.3 is 15.2 Å². The number of esters is 1. The maximum absolute atomic E-state index is 13.2. The number of nitrogens with two attached hydrogens (primary N) is 1. The number of nitrogens with zero attached hydrogens (tertiary/aromatic N) is 3. The molecule has 0 aliphatic heterocycles. The maximum atomic E-state index is 13.2. The van der Waals surface area contributed by atoms with E-state index in [0.29, 0.717) is 29.9 Å². The third-order valence-electron chi connectivity index (χ3n) is 6.09. The second kappa shape index (κ2) is 11.7. The Morgan fingerprint density at radius 3 is 2.23 bits per heavy atom. The standard InChI is InChI=1S/C28H34N4O3/c1-3-5-6-7-8-9-12-19-35-28(33)24-25-27(31-23-14-11-10-13-22(23)30-25)32(26(24)29)20-15-17-21(18-16-20)34-4-2/h10-11,13-18H,3-9,12,19,29H2,1-2H3. The predicted octanol–water partition coefficient (Wildman–Crippen LogP) is 6.46. The van der Waals surface area contributed by atoms with Crippen molar-refractivity contribution in [2.45, 2.75) is 58.8 Å². The Bertz CT molecular complexity index is 1280. The van der Waals surface area contributed by atoms with Crippen LogP contribution >= 0.6 is 0 Å². The molecule has 7 nitrogen and oxygen atoms in total. The lowest BCUT2D eigenvalue weighted by Gasteiger charge is -2.09. The first kappa shape index (κ1) is 24.5. The van der Waals surface area contributed by atoms with E-state index < -0.39 is 5.97 Å². The van der Waals surface area contributed by atoms with Crippen LogP contribution in [0, 0.1) is 0 Å². The second-order valence-corrected chi connectivity index (χ2v) is 8.66. The van der Waals surface area contributed by atoms with Crippen LogP contribution in [0.1, 0.15) is 69.2 Å². The van der Waals surface area contributed by atoms with Crippen LogP contribution in [0.2, 0.25) is 0 Å². The largest absolute Gasteiger partial charge is 0.494 e. The monoisotopic (exact) mass is 474 g/mol. The summed E-state index contributed by atoms with van der Waals surface area (Å²) in [5, 5.41) is 0. The minimum Gasteiger partial charge on any atom is -0.494 e. The molecule has 0 saturated carbocycles. The summed E-state index contributed by atoms with van der Waals surface area (Å²) in [6.45, 7) is 5.10. The first-order chi connectivity index (χ1) is 17.1. The van der Waals surface area contributed by atoms with Gasteiger partial charge in [-0.1, -0.05) is 57.6 Å². The molecule has 0 spiro atoms. The van der Waals surface area contributed by atoms with Gasteiger partial charge in [-0.2, -0.15) is 0 Å². The molecule has 0 bridgehead atoms. The zero-order valence-corrected chi connectivity index (χ0v) is 20.6. The van der Waals surface area contributed by atoms with Crippen LogP contribution in [0.25, 0.3) is 27.9 Å². The first-order valence-corrected chi connectivity index (χ1v) is 12.6. The number of benzene rings is 2. The van der Waals surface area contributed by atoms with E-state index in [-0.39, 0.29) is 11.4 Å². The summed E-state index contributed by atoms with van der Waals surface area (Å²) in [6, 6.07) is 15.1. The number of rotatable bonds is 12. The molecule has 7 heteroatoms. The number of aromatic nitrogens is 3. The lowest BCUT2D eigenvalue weighted by Crippen LogP contribution is -2.10. The van der Waals surface area contributed by atoms with Gasteiger partial charge in [0.05, 0.1) is 24.2 Å². The van der Waals surface area contributed by atoms with E-state index in [1.165, 1.54) is 25.7 Å². The van der Waals surface area contributed by atoms with Gasteiger partial charge >= 0.3 is 5.97 Å². The van der Waals surface area contributed by atoms with E-state index in [4.69, 9.17) is 25.2 Å². The Morgan fingerprint density at radius 1 is 0.886 bits per heavy atom. The maximum Gasteiger partial charge on any atom is 0.344 e. The van der Waals surface area contributed by atoms with E-state index in [0.717, 1.165) is 36.2 Å². The molecule has 0 atom stereocenters. The molecule has 0 unspecified atom stereocenters. The molecule has 4 rings (SSSR count). The van der Waals surface area contributed by atoms with Gasteiger partial charge in [-0.3, -0.25) is 4.57 Å². The molecule has 0 fully saturated rings. The number of fused-ring (bicyclic) bond motifs is 2. The van der Waals surface area contributed by atoms with Gasteiger partial charge in [0.25, 0.3) is 0 Å². The Morgan fingerprint density at radius 2 is 1.54 bits per heavy atom. The van der Waals surface area contributed by atoms with Crippen molar-refractivity contribution < 1.29 is 14.3 Å².